The molecule has 3 nitrogen and oxygen atoms in total. The number of aryl methyl sites for hydroxylation is 2. The summed E-state index contributed by atoms with van der Waals surface area (Å²) in [6.45, 7) is 2.68. The number of carbonyl (C=O) groups is 1. The van der Waals surface area contributed by atoms with Gasteiger partial charge in [-0.05, 0) is 47.9 Å². The molecule has 0 aliphatic carbocycles. The van der Waals surface area contributed by atoms with Crippen LogP contribution in [0.1, 0.15) is 32.7 Å². The molecule has 3 heteroatoms. The van der Waals surface area contributed by atoms with Crippen LogP contribution in [0.3, 0.4) is 0 Å². The van der Waals surface area contributed by atoms with E-state index in [0.29, 0.717) is 6.54 Å². The van der Waals surface area contributed by atoms with Crippen molar-refractivity contribution in [2.45, 2.75) is 19.9 Å². The average Bonchev–Trinajstić information content (AvgIpc) is 2.85. The van der Waals surface area contributed by atoms with Crippen molar-refractivity contribution in [1.29, 1.82) is 0 Å². The molecule has 1 aliphatic rings. The van der Waals surface area contributed by atoms with Crippen LogP contribution < -0.4 is 4.90 Å². The molecular formula is C21H20N2O. The van der Waals surface area contributed by atoms with Gasteiger partial charge in [-0.25, -0.2) is 0 Å². The van der Waals surface area contributed by atoms with Crippen LogP contribution in [0.2, 0.25) is 0 Å². The van der Waals surface area contributed by atoms with E-state index < -0.39 is 0 Å². The zero-order valence-corrected chi connectivity index (χ0v) is 14.0. The third kappa shape index (κ3) is 2.42. The van der Waals surface area contributed by atoms with Crippen molar-refractivity contribution in [1.82, 2.24) is 4.57 Å². The van der Waals surface area contributed by atoms with Crippen molar-refractivity contribution in [2.75, 3.05) is 4.90 Å². The molecule has 0 unspecified atom stereocenters. The van der Waals surface area contributed by atoms with Gasteiger partial charge < -0.3 is 9.47 Å². The Balaban J connectivity index is 1.86. The second-order valence-corrected chi connectivity index (χ2v) is 6.46. The zero-order valence-electron chi connectivity index (χ0n) is 14.0. The molecule has 1 aliphatic heterocycles. The molecule has 2 heterocycles. The van der Waals surface area contributed by atoms with Crippen molar-refractivity contribution in [3.05, 3.63) is 88.7 Å². The number of fused-ring (bicyclic) bond motifs is 2. The van der Waals surface area contributed by atoms with Gasteiger partial charge in [0.05, 0.1) is 6.54 Å². The normalized spacial score (nSPS) is 13.2. The van der Waals surface area contributed by atoms with Crippen molar-refractivity contribution in [2.24, 2.45) is 7.05 Å². The van der Waals surface area contributed by atoms with E-state index in [4.69, 9.17) is 0 Å². The summed E-state index contributed by atoms with van der Waals surface area (Å²) >= 11 is 0. The van der Waals surface area contributed by atoms with Crippen LogP contribution in [0.4, 0.5) is 5.69 Å². The number of nitrogens with zero attached hydrogens (tertiary/aromatic N) is 2. The summed E-state index contributed by atoms with van der Waals surface area (Å²) in [7, 11) is 2.07. The van der Waals surface area contributed by atoms with E-state index in [1.807, 2.05) is 35.2 Å². The highest BCUT2D eigenvalue weighted by Gasteiger charge is 2.26. The fourth-order valence-corrected chi connectivity index (χ4v) is 3.42. The maximum Gasteiger partial charge on any atom is 0.258 e. The fraction of sp³-hybridized carbons (Fsp3) is 0.190. The summed E-state index contributed by atoms with van der Waals surface area (Å²) in [5.41, 5.74) is 6.62. The lowest BCUT2D eigenvalue weighted by Crippen LogP contribution is -2.30. The summed E-state index contributed by atoms with van der Waals surface area (Å²) in [4.78, 5) is 15.1. The van der Waals surface area contributed by atoms with Gasteiger partial charge in [-0.2, -0.15) is 0 Å². The molecule has 0 N–H and O–H groups in total. The van der Waals surface area contributed by atoms with E-state index in [1.54, 1.807) is 0 Å². The minimum atomic E-state index is 0.0548. The number of hydrogen-bond acceptors (Lipinski definition) is 1. The van der Waals surface area contributed by atoms with E-state index in [0.717, 1.165) is 17.7 Å². The molecule has 0 radical (unpaired) electrons. The Kier molecular flexibility index (Phi) is 3.49. The Bertz CT molecular complexity index is 909. The lowest BCUT2D eigenvalue weighted by Gasteiger charge is -2.23. The molecule has 0 saturated carbocycles. The molecular weight excluding hydrogens is 296 g/mol. The van der Waals surface area contributed by atoms with E-state index in [1.165, 1.54) is 22.4 Å². The second-order valence-electron chi connectivity index (χ2n) is 6.46. The molecule has 0 atom stereocenters. The molecule has 4 rings (SSSR count). The summed E-state index contributed by atoms with van der Waals surface area (Å²) in [5.74, 6) is 0.0548. The van der Waals surface area contributed by atoms with Crippen LogP contribution in [0, 0.1) is 6.92 Å². The number of hydrogen-bond donors (Lipinski definition) is 0. The van der Waals surface area contributed by atoms with Gasteiger partial charge in [0.25, 0.3) is 5.91 Å². The first-order valence-electron chi connectivity index (χ1n) is 8.23. The van der Waals surface area contributed by atoms with Crippen molar-refractivity contribution in [3.8, 4) is 0 Å². The molecule has 0 spiro atoms. The van der Waals surface area contributed by atoms with Crippen molar-refractivity contribution >= 4 is 11.6 Å². The number of amides is 1. The summed E-state index contributed by atoms with van der Waals surface area (Å²) in [6, 6.07) is 18.1. The maximum atomic E-state index is 13.2. The lowest BCUT2D eigenvalue weighted by atomic mass is 10.0. The average molecular weight is 316 g/mol. The first-order valence-corrected chi connectivity index (χ1v) is 8.23. The fourth-order valence-electron chi connectivity index (χ4n) is 3.42. The number of carbonyl (C=O) groups excluding carboxylic acids is 1. The third-order valence-electron chi connectivity index (χ3n) is 4.78. The number of benzene rings is 2. The minimum Gasteiger partial charge on any atom is -0.354 e. The van der Waals surface area contributed by atoms with Gasteiger partial charge in [0.1, 0.15) is 0 Å². The van der Waals surface area contributed by atoms with E-state index in [-0.39, 0.29) is 5.91 Å². The SMILES string of the molecule is Cc1ccc2c(c1)N(C(=O)c1ccccc1)Cc1ccn(C)c1C2. The minimum absolute atomic E-state index is 0.0548. The molecule has 1 amide bonds. The third-order valence-corrected chi connectivity index (χ3v) is 4.78. The molecule has 0 saturated heterocycles. The van der Waals surface area contributed by atoms with Crippen LogP contribution in [-0.2, 0) is 20.0 Å². The van der Waals surface area contributed by atoms with Gasteiger partial charge in [0, 0.05) is 36.6 Å². The molecule has 2 aromatic carbocycles. The second kappa shape index (κ2) is 5.68. The van der Waals surface area contributed by atoms with Gasteiger partial charge in [0.15, 0.2) is 0 Å². The number of anilines is 1. The number of rotatable bonds is 1. The van der Waals surface area contributed by atoms with Crippen LogP contribution in [0.25, 0.3) is 0 Å². The lowest BCUT2D eigenvalue weighted by molar-refractivity contribution is 0.0985. The largest absolute Gasteiger partial charge is 0.354 e. The van der Waals surface area contributed by atoms with Gasteiger partial charge in [-0.3, -0.25) is 4.79 Å². The van der Waals surface area contributed by atoms with Gasteiger partial charge >= 0.3 is 0 Å². The summed E-state index contributed by atoms with van der Waals surface area (Å²) in [5, 5.41) is 0. The van der Waals surface area contributed by atoms with Gasteiger partial charge in [0.2, 0.25) is 0 Å². The van der Waals surface area contributed by atoms with E-state index in [9.17, 15) is 4.79 Å². The van der Waals surface area contributed by atoms with Gasteiger partial charge in [-0.1, -0.05) is 30.3 Å². The Hall–Kier alpha value is -2.81. The van der Waals surface area contributed by atoms with Crippen LogP contribution in [-0.4, -0.2) is 10.5 Å². The Morgan fingerprint density at radius 3 is 2.58 bits per heavy atom. The van der Waals surface area contributed by atoms with E-state index in [2.05, 4.69) is 49.0 Å². The standard InChI is InChI=1S/C21H20N2O/c1-15-8-9-17-13-19-18(10-11-22(19)2)14-23(20(17)12-15)21(24)16-6-4-3-5-7-16/h3-12H,13-14H2,1-2H3. The highest BCUT2D eigenvalue weighted by Crippen LogP contribution is 2.32. The van der Waals surface area contributed by atoms with Crippen molar-refractivity contribution < 1.29 is 4.79 Å². The van der Waals surface area contributed by atoms with Gasteiger partial charge in [-0.15, -0.1) is 0 Å². The maximum absolute atomic E-state index is 13.2. The Morgan fingerprint density at radius 1 is 1.00 bits per heavy atom. The number of aromatic nitrogens is 1. The molecule has 120 valence electrons. The molecule has 0 bridgehead atoms. The molecule has 3 aromatic rings. The molecule has 0 fully saturated rings. The Labute approximate surface area is 142 Å². The highest BCUT2D eigenvalue weighted by molar-refractivity contribution is 6.06. The summed E-state index contributed by atoms with van der Waals surface area (Å²) in [6.07, 6.45) is 2.93. The predicted octanol–water partition coefficient (Wildman–Crippen LogP) is 4.08. The predicted molar refractivity (Wildman–Crippen MR) is 96.4 cm³/mol. The van der Waals surface area contributed by atoms with E-state index >= 15 is 0 Å². The van der Waals surface area contributed by atoms with Crippen LogP contribution in [0.5, 0.6) is 0 Å². The monoisotopic (exact) mass is 316 g/mol. The Morgan fingerprint density at radius 2 is 1.79 bits per heavy atom. The topological polar surface area (TPSA) is 25.2 Å². The van der Waals surface area contributed by atoms with Crippen LogP contribution >= 0.6 is 0 Å². The first kappa shape index (κ1) is 14.8. The molecule has 24 heavy (non-hydrogen) atoms. The highest BCUT2D eigenvalue weighted by atomic mass is 16.2. The van der Waals surface area contributed by atoms with Crippen LogP contribution in [0.15, 0.2) is 60.8 Å². The summed E-state index contributed by atoms with van der Waals surface area (Å²) < 4.78 is 2.16. The quantitative estimate of drug-likeness (QED) is 0.664. The smallest absolute Gasteiger partial charge is 0.258 e. The molecule has 1 aromatic heterocycles. The van der Waals surface area contributed by atoms with Crippen molar-refractivity contribution in [3.63, 3.8) is 0 Å². The first-order chi connectivity index (χ1) is 11.6. The zero-order chi connectivity index (χ0) is 16.7.